The number of ether oxygens (including phenoxy) is 1. The van der Waals surface area contributed by atoms with Crippen molar-refractivity contribution in [3.05, 3.63) is 29.3 Å². The van der Waals surface area contributed by atoms with E-state index in [4.69, 9.17) is 4.74 Å². The molecule has 1 heterocycles. The fourth-order valence-electron chi connectivity index (χ4n) is 1.88. The average Bonchev–Trinajstić information content (AvgIpc) is 2.27. The van der Waals surface area contributed by atoms with Crippen molar-refractivity contribution >= 4 is 0 Å². The number of halogens is 1. The standard InChI is InChI=1S/C11H14FNO/c1-14-9-3-2-8-4-5-13-11(7-12)10(8)6-9/h2-3,6,11,13H,4-5,7H2,1H3. The molecule has 0 aliphatic carbocycles. The van der Waals surface area contributed by atoms with E-state index in [1.807, 2.05) is 18.2 Å². The van der Waals surface area contributed by atoms with Crippen molar-refractivity contribution in [2.75, 3.05) is 20.3 Å². The van der Waals surface area contributed by atoms with Gasteiger partial charge < -0.3 is 10.1 Å². The Hall–Kier alpha value is -1.09. The molecule has 1 atom stereocenters. The van der Waals surface area contributed by atoms with Gasteiger partial charge in [0.15, 0.2) is 0 Å². The summed E-state index contributed by atoms with van der Waals surface area (Å²) in [5.41, 5.74) is 2.27. The van der Waals surface area contributed by atoms with Gasteiger partial charge in [-0.25, -0.2) is 4.39 Å². The van der Waals surface area contributed by atoms with E-state index in [1.54, 1.807) is 7.11 Å². The van der Waals surface area contributed by atoms with E-state index in [2.05, 4.69) is 5.32 Å². The third kappa shape index (κ3) is 1.60. The maximum atomic E-state index is 12.7. The third-order valence-electron chi connectivity index (χ3n) is 2.67. The summed E-state index contributed by atoms with van der Waals surface area (Å²) in [5.74, 6) is 0.797. The molecule has 0 fully saturated rings. The third-order valence-corrected chi connectivity index (χ3v) is 2.67. The molecule has 3 heteroatoms. The van der Waals surface area contributed by atoms with Crippen LogP contribution >= 0.6 is 0 Å². The summed E-state index contributed by atoms with van der Waals surface area (Å²) in [6, 6.07) is 5.72. The van der Waals surface area contributed by atoms with E-state index in [0.29, 0.717) is 0 Å². The Morgan fingerprint density at radius 3 is 3.14 bits per heavy atom. The van der Waals surface area contributed by atoms with Crippen LogP contribution in [0.3, 0.4) is 0 Å². The molecule has 0 bridgehead atoms. The molecule has 1 aromatic rings. The lowest BCUT2D eigenvalue weighted by molar-refractivity contribution is 0.367. The molecule has 1 N–H and O–H groups in total. The highest BCUT2D eigenvalue weighted by Gasteiger charge is 2.19. The van der Waals surface area contributed by atoms with Crippen LogP contribution in [0.4, 0.5) is 4.39 Å². The normalized spacial score (nSPS) is 20.3. The molecule has 14 heavy (non-hydrogen) atoms. The minimum absolute atomic E-state index is 0.158. The quantitative estimate of drug-likeness (QED) is 0.777. The van der Waals surface area contributed by atoms with Gasteiger partial charge in [0.1, 0.15) is 12.4 Å². The van der Waals surface area contributed by atoms with Gasteiger partial charge in [0.25, 0.3) is 0 Å². The number of nitrogens with one attached hydrogen (secondary N) is 1. The van der Waals surface area contributed by atoms with Gasteiger partial charge in [0, 0.05) is 0 Å². The summed E-state index contributed by atoms with van der Waals surface area (Å²) < 4.78 is 17.8. The van der Waals surface area contributed by atoms with Crippen molar-refractivity contribution in [1.29, 1.82) is 0 Å². The first-order valence-electron chi connectivity index (χ1n) is 4.81. The van der Waals surface area contributed by atoms with Crippen LogP contribution in [-0.4, -0.2) is 20.3 Å². The highest BCUT2D eigenvalue weighted by molar-refractivity contribution is 5.39. The van der Waals surface area contributed by atoms with Gasteiger partial charge in [-0.15, -0.1) is 0 Å². The lowest BCUT2D eigenvalue weighted by Gasteiger charge is -2.25. The Balaban J connectivity index is 2.38. The molecule has 1 aliphatic rings. The number of alkyl halides is 1. The van der Waals surface area contributed by atoms with E-state index in [0.717, 1.165) is 24.3 Å². The summed E-state index contributed by atoms with van der Waals surface area (Å²) in [7, 11) is 1.63. The molecule has 1 aromatic carbocycles. The van der Waals surface area contributed by atoms with E-state index in [1.165, 1.54) is 5.56 Å². The topological polar surface area (TPSA) is 21.3 Å². The Bertz CT molecular complexity index is 327. The number of benzene rings is 1. The lowest BCUT2D eigenvalue weighted by Crippen LogP contribution is -2.31. The molecule has 2 rings (SSSR count). The van der Waals surface area contributed by atoms with Crippen LogP contribution in [0.25, 0.3) is 0 Å². The van der Waals surface area contributed by atoms with E-state index < -0.39 is 0 Å². The molecular formula is C11H14FNO. The summed E-state index contributed by atoms with van der Waals surface area (Å²) in [4.78, 5) is 0. The highest BCUT2D eigenvalue weighted by Crippen LogP contribution is 2.27. The molecule has 0 saturated heterocycles. The summed E-state index contributed by atoms with van der Waals surface area (Å²) in [5, 5.41) is 3.15. The number of rotatable bonds is 2. The van der Waals surface area contributed by atoms with Crippen molar-refractivity contribution in [2.45, 2.75) is 12.5 Å². The Labute approximate surface area is 83.1 Å². The van der Waals surface area contributed by atoms with Crippen molar-refractivity contribution in [2.24, 2.45) is 0 Å². The van der Waals surface area contributed by atoms with Crippen LogP contribution in [0.2, 0.25) is 0 Å². The van der Waals surface area contributed by atoms with Gasteiger partial charge in [-0.2, -0.15) is 0 Å². The first-order valence-corrected chi connectivity index (χ1v) is 4.81. The number of methoxy groups -OCH3 is 1. The van der Waals surface area contributed by atoms with Crippen molar-refractivity contribution in [1.82, 2.24) is 5.32 Å². The van der Waals surface area contributed by atoms with Crippen LogP contribution in [0.15, 0.2) is 18.2 Å². The Kier molecular flexibility index (Phi) is 2.68. The number of fused-ring (bicyclic) bond motifs is 1. The first-order chi connectivity index (χ1) is 6.85. The van der Waals surface area contributed by atoms with Gasteiger partial charge in [-0.3, -0.25) is 0 Å². The number of hydrogen-bond acceptors (Lipinski definition) is 2. The molecule has 0 aromatic heterocycles. The minimum Gasteiger partial charge on any atom is -0.497 e. The Morgan fingerprint density at radius 2 is 2.43 bits per heavy atom. The zero-order valence-electron chi connectivity index (χ0n) is 8.22. The molecule has 0 radical (unpaired) electrons. The van der Waals surface area contributed by atoms with Crippen molar-refractivity contribution in [3.63, 3.8) is 0 Å². The Morgan fingerprint density at radius 1 is 1.57 bits per heavy atom. The zero-order valence-corrected chi connectivity index (χ0v) is 8.22. The second-order valence-corrected chi connectivity index (χ2v) is 3.48. The smallest absolute Gasteiger partial charge is 0.119 e. The SMILES string of the molecule is COc1ccc2c(c1)C(CF)NCC2. The van der Waals surface area contributed by atoms with E-state index in [9.17, 15) is 4.39 Å². The van der Waals surface area contributed by atoms with Crippen LogP contribution < -0.4 is 10.1 Å². The summed E-state index contributed by atoms with van der Waals surface area (Å²) >= 11 is 0. The zero-order chi connectivity index (χ0) is 9.97. The van der Waals surface area contributed by atoms with Crippen molar-refractivity contribution in [3.8, 4) is 5.75 Å². The number of hydrogen-bond donors (Lipinski definition) is 1. The highest BCUT2D eigenvalue weighted by atomic mass is 19.1. The van der Waals surface area contributed by atoms with Crippen LogP contribution in [0, 0.1) is 0 Å². The van der Waals surface area contributed by atoms with Crippen LogP contribution in [-0.2, 0) is 6.42 Å². The van der Waals surface area contributed by atoms with Gasteiger partial charge in [0.2, 0.25) is 0 Å². The molecule has 76 valence electrons. The molecular weight excluding hydrogens is 181 g/mol. The molecule has 0 spiro atoms. The molecule has 1 aliphatic heterocycles. The maximum Gasteiger partial charge on any atom is 0.119 e. The average molecular weight is 195 g/mol. The maximum absolute atomic E-state index is 12.7. The van der Waals surface area contributed by atoms with Gasteiger partial charge in [0.05, 0.1) is 13.2 Å². The largest absolute Gasteiger partial charge is 0.497 e. The fourth-order valence-corrected chi connectivity index (χ4v) is 1.88. The molecule has 2 nitrogen and oxygen atoms in total. The van der Waals surface area contributed by atoms with Gasteiger partial charge in [-0.1, -0.05) is 6.07 Å². The second kappa shape index (κ2) is 3.96. The van der Waals surface area contributed by atoms with E-state index >= 15 is 0 Å². The summed E-state index contributed by atoms with van der Waals surface area (Å²) in [6.45, 7) is 0.494. The van der Waals surface area contributed by atoms with Crippen LogP contribution in [0.1, 0.15) is 17.2 Å². The second-order valence-electron chi connectivity index (χ2n) is 3.48. The summed E-state index contributed by atoms with van der Waals surface area (Å²) in [6.07, 6.45) is 0.968. The minimum atomic E-state index is -0.361. The van der Waals surface area contributed by atoms with E-state index in [-0.39, 0.29) is 12.7 Å². The fraction of sp³-hybridized carbons (Fsp3) is 0.455. The molecule has 0 saturated carbocycles. The van der Waals surface area contributed by atoms with Crippen molar-refractivity contribution < 1.29 is 9.13 Å². The molecule has 0 amide bonds. The molecule has 1 unspecified atom stereocenters. The van der Waals surface area contributed by atoms with Crippen LogP contribution in [0.5, 0.6) is 5.75 Å². The lowest BCUT2D eigenvalue weighted by atomic mass is 9.95. The predicted octanol–water partition coefficient (Wildman–Crippen LogP) is 1.85. The van der Waals surface area contributed by atoms with Gasteiger partial charge >= 0.3 is 0 Å². The van der Waals surface area contributed by atoms with Gasteiger partial charge in [-0.05, 0) is 36.2 Å². The predicted molar refractivity (Wildman–Crippen MR) is 53.4 cm³/mol. The first kappa shape index (κ1) is 9.46. The monoisotopic (exact) mass is 195 g/mol.